The van der Waals surface area contributed by atoms with Crippen LogP contribution in [0.2, 0.25) is 0 Å². The molecule has 11 nitrogen and oxygen atoms in total. The molecule has 0 unspecified atom stereocenters. The third-order valence-corrected chi connectivity index (χ3v) is 4.54. The second kappa shape index (κ2) is 9.63. The van der Waals surface area contributed by atoms with Crippen molar-refractivity contribution in [2.45, 2.75) is 6.92 Å². The number of amides is 2. The predicted octanol–water partition coefficient (Wildman–Crippen LogP) is 2.97. The number of anilines is 2. The number of nitro groups is 1. The van der Waals surface area contributed by atoms with E-state index in [-0.39, 0.29) is 11.6 Å². The first-order chi connectivity index (χ1) is 14.8. The number of aryl methyl sites for hydroxylation is 1. The first-order valence-corrected chi connectivity index (χ1v) is 9.59. The Balaban J connectivity index is 1.72. The molecule has 12 heteroatoms. The predicted molar refractivity (Wildman–Crippen MR) is 116 cm³/mol. The molecule has 3 rings (SSSR count). The SMILES string of the molecule is Cc1ccc(C(=O)NNc2ncnc(NNC(=O)c3ccc(Br)cc3)c2[N+](=O)[O-])cc1. The lowest BCUT2D eigenvalue weighted by molar-refractivity contribution is -0.383. The fourth-order valence-corrected chi connectivity index (χ4v) is 2.68. The van der Waals surface area contributed by atoms with Gasteiger partial charge in [0.15, 0.2) is 0 Å². The second-order valence-corrected chi connectivity index (χ2v) is 7.12. The van der Waals surface area contributed by atoms with E-state index < -0.39 is 22.4 Å². The van der Waals surface area contributed by atoms with Crippen LogP contribution in [-0.2, 0) is 0 Å². The van der Waals surface area contributed by atoms with Gasteiger partial charge < -0.3 is 0 Å². The Labute approximate surface area is 184 Å². The summed E-state index contributed by atoms with van der Waals surface area (Å²) in [5, 5.41) is 11.6. The van der Waals surface area contributed by atoms with E-state index in [9.17, 15) is 19.7 Å². The van der Waals surface area contributed by atoms with E-state index in [1.165, 1.54) is 0 Å². The normalized spacial score (nSPS) is 10.1. The molecule has 2 aromatic carbocycles. The summed E-state index contributed by atoms with van der Waals surface area (Å²) in [6, 6.07) is 13.3. The summed E-state index contributed by atoms with van der Waals surface area (Å²) in [7, 11) is 0. The van der Waals surface area contributed by atoms with Gasteiger partial charge in [0, 0.05) is 15.6 Å². The maximum atomic E-state index is 12.2. The largest absolute Gasteiger partial charge is 0.356 e. The van der Waals surface area contributed by atoms with E-state index in [0.29, 0.717) is 11.1 Å². The van der Waals surface area contributed by atoms with Crippen molar-refractivity contribution in [3.8, 4) is 0 Å². The van der Waals surface area contributed by atoms with Crippen LogP contribution in [0.25, 0.3) is 0 Å². The number of halogens is 1. The number of hydrazine groups is 2. The van der Waals surface area contributed by atoms with Crippen molar-refractivity contribution >= 4 is 45.1 Å². The van der Waals surface area contributed by atoms with E-state index in [1.807, 2.05) is 6.92 Å². The molecule has 1 heterocycles. The molecule has 0 aliphatic rings. The van der Waals surface area contributed by atoms with Crippen LogP contribution >= 0.6 is 15.9 Å². The highest BCUT2D eigenvalue weighted by Crippen LogP contribution is 2.27. The van der Waals surface area contributed by atoms with Gasteiger partial charge in [-0.05, 0) is 43.3 Å². The summed E-state index contributed by atoms with van der Waals surface area (Å²) >= 11 is 3.27. The van der Waals surface area contributed by atoms with Gasteiger partial charge in [-0.1, -0.05) is 33.6 Å². The number of nitrogens with one attached hydrogen (secondary N) is 4. The lowest BCUT2D eigenvalue weighted by Crippen LogP contribution is -2.32. The fourth-order valence-electron chi connectivity index (χ4n) is 2.42. The van der Waals surface area contributed by atoms with Crippen molar-refractivity contribution in [3.63, 3.8) is 0 Å². The van der Waals surface area contributed by atoms with Gasteiger partial charge in [-0.2, -0.15) is 0 Å². The van der Waals surface area contributed by atoms with Crippen molar-refractivity contribution in [2.24, 2.45) is 0 Å². The molecule has 0 fully saturated rings. The summed E-state index contributed by atoms with van der Waals surface area (Å²) < 4.78 is 0.798. The maximum absolute atomic E-state index is 12.2. The van der Waals surface area contributed by atoms with E-state index >= 15 is 0 Å². The molecule has 0 bridgehead atoms. The van der Waals surface area contributed by atoms with E-state index in [4.69, 9.17) is 0 Å². The highest BCUT2D eigenvalue weighted by molar-refractivity contribution is 9.10. The molecular formula is C19H16BrN7O4. The molecule has 31 heavy (non-hydrogen) atoms. The molecule has 0 aliphatic heterocycles. The zero-order chi connectivity index (χ0) is 22.4. The Morgan fingerprint density at radius 2 is 1.32 bits per heavy atom. The third-order valence-electron chi connectivity index (χ3n) is 4.01. The fraction of sp³-hybridized carbons (Fsp3) is 0.0526. The minimum Gasteiger partial charge on any atom is -0.276 e. The van der Waals surface area contributed by atoms with Crippen molar-refractivity contribution in [2.75, 3.05) is 10.9 Å². The summed E-state index contributed by atoms with van der Waals surface area (Å²) in [5.41, 5.74) is 10.6. The molecule has 0 atom stereocenters. The lowest BCUT2D eigenvalue weighted by atomic mass is 10.1. The van der Waals surface area contributed by atoms with Gasteiger partial charge in [0.1, 0.15) is 6.33 Å². The van der Waals surface area contributed by atoms with Gasteiger partial charge in [0.05, 0.1) is 4.92 Å². The van der Waals surface area contributed by atoms with Gasteiger partial charge in [0.2, 0.25) is 11.6 Å². The van der Waals surface area contributed by atoms with E-state index in [2.05, 4.69) is 47.6 Å². The highest BCUT2D eigenvalue weighted by atomic mass is 79.9. The molecule has 0 saturated heterocycles. The standard InChI is InChI=1S/C19H16BrN7O4/c1-11-2-4-12(5-3-11)18(28)25-23-16-15(27(30)31)17(22-10-21-16)24-26-19(29)13-6-8-14(20)9-7-13/h2-10H,1H3,(H,25,28)(H,26,29)(H2,21,22,23,24). The van der Waals surface area contributed by atoms with Crippen LogP contribution in [0.5, 0.6) is 0 Å². The Morgan fingerprint density at radius 1 is 0.871 bits per heavy atom. The number of carbonyl (C=O) groups excluding carboxylic acids is 2. The molecule has 0 spiro atoms. The van der Waals surface area contributed by atoms with Crippen LogP contribution in [-0.4, -0.2) is 26.7 Å². The van der Waals surface area contributed by atoms with Crippen molar-refractivity contribution in [3.05, 3.63) is 86.1 Å². The summed E-state index contributed by atoms with van der Waals surface area (Å²) in [6.45, 7) is 1.88. The van der Waals surface area contributed by atoms with Crippen LogP contribution < -0.4 is 21.7 Å². The van der Waals surface area contributed by atoms with Crippen LogP contribution in [0, 0.1) is 17.0 Å². The Kier molecular flexibility index (Phi) is 6.72. The summed E-state index contributed by atoms with van der Waals surface area (Å²) in [4.78, 5) is 42.9. The quantitative estimate of drug-likeness (QED) is 0.294. The number of aromatic nitrogens is 2. The number of benzene rings is 2. The molecule has 3 aromatic rings. The number of nitrogens with zero attached hydrogens (tertiary/aromatic N) is 3. The molecular weight excluding hydrogens is 470 g/mol. The third kappa shape index (κ3) is 5.51. The number of hydrogen-bond acceptors (Lipinski definition) is 8. The van der Waals surface area contributed by atoms with Crippen LogP contribution in [0.1, 0.15) is 26.3 Å². The molecule has 4 N–H and O–H groups in total. The Morgan fingerprint density at radius 3 is 1.77 bits per heavy atom. The molecule has 0 radical (unpaired) electrons. The van der Waals surface area contributed by atoms with E-state index in [0.717, 1.165) is 16.4 Å². The van der Waals surface area contributed by atoms with E-state index in [1.54, 1.807) is 48.5 Å². The van der Waals surface area contributed by atoms with Gasteiger partial charge in [-0.3, -0.25) is 41.4 Å². The molecule has 2 amide bonds. The maximum Gasteiger partial charge on any atom is 0.356 e. The molecule has 1 aromatic heterocycles. The number of carbonyl (C=O) groups is 2. The lowest BCUT2D eigenvalue weighted by Gasteiger charge is -2.11. The van der Waals surface area contributed by atoms with Crippen molar-refractivity contribution < 1.29 is 14.5 Å². The van der Waals surface area contributed by atoms with Gasteiger partial charge in [0.25, 0.3) is 11.8 Å². The molecule has 158 valence electrons. The number of hydrogen-bond donors (Lipinski definition) is 4. The van der Waals surface area contributed by atoms with Crippen LogP contribution in [0.4, 0.5) is 17.3 Å². The van der Waals surface area contributed by atoms with Gasteiger partial charge in [-0.15, -0.1) is 0 Å². The minimum atomic E-state index is -0.742. The first-order valence-electron chi connectivity index (χ1n) is 8.79. The van der Waals surface area contributed by atoms with Crippen molar-refractivity contribution in [1.82, 2.24) is 20.8 Å². The van der Waals surface area contributed by atoms with Crippen LogP contribution in [0.3, 0.4) is 0 Å². The highest BCUT2D eigenvalue weighted by Gasteiger charge is 2.24. The average Bonchev–Trinajstić information content (AvgIpc) is 2.76. The molecule has 0 aliphatic carbocycles. The monoisotopic (exact) mass is 485 g/mol. The zero-order valence-corrected chi connectivity index (χ0v) is 17.6. The Hall–Kier alpha value is -4.06. The minimum absolute atomic E-state index is 0.263. The molecule has 0 saturated carbocycles. The van der Waals surface area contributed by atoms with Crippen LogP contribution in [0.15, 0.2) is 59.3 Å². The van der Waals surface area contributed by atoms with Crippen molar-refractivity contribution in [1.29, 1.82) is 0 Å². The smallest absolute Gasteiger partial charge is 0.276 e. The summed E-state index contributed by atoms with van der Waals surface area (Å²) in [6.07, 6.45) is 1.04. The van der Waals surface area contributed by atoms with Gasteiger partial charge >= 0.3 is 5.69 Å². The zero-order valence-electron chi connectivity index (χ0n) is 16.0. The second-order valence-electron chi connectivity index (χ2n) is 6.21. The average molecular weight is 486 g/mol. The first kappa shape index (κ1) is 21.6. The summed E-state index contributed by atoms with van der Waals surface area (Å²) in [5.74, 6) is -1.56. The Bertz CT molecular complexity index is 1040. The topological polar surface area (TPSA) is 151 Å². The number of rotatable bonds is 7. The van der Waals surface area contributed by atoms with Gasteiger partial charge in [-0.25, -0.2) is 9.97 Å².